The Kier molecular flexibility index (Phi) is 5.34. The zero-order valence-corrected chi connectivity index (χ0v) is 14.6. The van der Waals surface area contributed by atoms with Crippen LogP contribution in [-0.4, -0.2) is 40.0 Å². The summed E-state index contributed by atoms with van der Waals surface area (Å²) in [6, 6.07) is 3.33. The number of hydrogen-bond acceptors (Lipinski definition) is 4. The molecule has 0 bridgehead atoms. The third kappa shape index (κ3) is 3.22. The summed E-state index contributed by atoms with van der Waals surface area (Å²) < 4.78 is 38.0. The van der Waals surface area contributed by atoms with Gasteiger partial charge in [-0.1, -0.05) is 19.3 Å². The highest BCUT2D eigenvalue weighted by molar-refractivity contribution is 7.89. The maximum Gasteiger partial charge on any atom is 0.246 e. The second-order valence-corrected chi connectivity index (χ2v) is 7.75. The van der Waals surface area contributed by atoms with E-state index < -0.39 is 10.0 Å². The predicted molar refractivity (Wildman–Crippen MR) is 86.1 cm³/mol. The van der Waals surface area contributed by atoms with Crippen molar-refractivity contribution in [3.63, 3.8) is 0 Å². The summed E-state index contributed by atoms with van der Waals surface area (Å²) in [5, 5.41) is 0. The Labute approximate surface area is 133 Å². The Morgan fingerprint density at radius 1 is 1.05 bits per heavy atom. The quantitative estimate of drug-likeness (QED) is 0.834. The van der Waals surface area contributed by atoms with Crippen molar-refractivity contribution in [2.75, 3.05) is 21.3 Å². The molecule has 0 amide bonds. The van der Waals surface area contributed by atoms with E-state index in [9.17, 15) is 8.42 Å². The van der Waals surface area contributed by atoms with Crippen LogP contribution >= 0.6 is 0 Å². The molecular formula is C16H25NO4S. The van der Waals surface area contributed by atoms with Crippen LogP contribution in [0.2, 0.25) is 0 Å². The zero-order valence-electron chi connectivity index (χ0n) is 13.8. The fraction of sp³-hybridized carbons (Fsp3) is 0.625. The Bertz CT molecular complexity index is 621. The first kappa shape index (κ1) is 17.1. The third-order valence-corrected chi connectivity index (χ3v) is 6.36. The fourth-order valence-corrected chi connectivity index (χ4v) is 4.59. The first-order valence-corrected chi connectivity index (χ1v) is 9.06. The van der Waals surface area contributed by atoms with Crippen molar-refractivity contribution in [3.8, 4) is 11.5 Å². The van der Waals surface area contributed by atoms with Crippen molar-refractivity contribution >= 4 is 10.0 Å². The lowest BCUT2D eigenvalue weighted by molar-refractivity contribution is 0.284. The number of sulfonamides is 1. The van der Waals surface area contributed by atoms with Crippen LogP contribution in [0.1, 0.15) is 37.7 Å². The molecule has 1 saturated carbocycles. The van der Waals surface area contributed by atoms with Crippen molar-refractivity contribution in [1.82, 2.24) is 4.31 Å². The normalized spacial score (nSPS) is 16.8. The van der Waals surface area contributed by atoms with Crippen molar-refractivity contribution in [3.05, 3.63) is 17.7 Å². The summed E-state index contributed by atoms with van der Waals surface area (Å²) >= 11 is 0. The molecule has 22 heavy (non-hydrogen) atoms. The SMILES string of the molecule is COc1cc(S(=O)(=O)N(C)C2CCCCC2)c(OC)cc1C. The fourth-order valence-electron chi connectivity index (χ4n) is 3.02. The van der Waals surface area contributed by atoms with E-state index in [1.807, 2.05) is 6.92 Å². The number of benzene rings is 1. The van der Waals surface area contributed by atoms with Gasteiger partial charge in [-0.25, -0.2) is 8.42 Å². The molecule has 1 aliphatic rings. The van der Waals surface area contributed by atoms with E-state index in [-0.39, 0.29) is 10.9 Å². The molecule has 0 unspecified atom stereocenters. The molecule has 0 atom stereocenters. The second-order valence-electron chi connectivity index (χ2n) is 5.79. The topological polar surface area (TPSA) is 55.8 Å². The molecule has 6 heteroatoms. The van der Waals surface area contributed by atoms with Crippen LogP contribution in [0, 0.1) is 6.92 Å². The van der Waals surface area contributed by atoms with E-state index in [0.717, 1.165) is 31.2 Å². The monoisotopic (exact) mass is 327 g/mol. The van der Waals surface area contributed by atoms with Gasteiger partial charge in [0.2, 0.25) is 10.0 Å². The van der Waals surface area contributed by atoms with Gasteiger partial charge in [-0.15, -0.1) is 0 Å². The van der Waals surface area contributed by atoms with Gasteiger partial charge in [0.1, 0.15) is 16.4 Å². The molecule has 0 spiro atoms. The smallest absolute Gasteiger partial charge is 0.246 e. The molecule has 5 nitrogen and oxygen atoms in total. The number of methoxy groups -OCH3 is 2. The van der Waals surface area contributed by atoms with Crippen LogP contribution in [0.5, 0.6) is 11.5 Å². The van der Waals surface area contributed by atoms with Gasteiger partial charge in [-0.3, -0.25) is 0 Å². The van der Waals surface area contributed by atoms with Crippen LogP contribution in [0.4, 0.5) is 0 Å². The van der Waals surface area contributed by atoms with Gasteiger partial charge in [0.15, 0.2) is 0 Å². The van der Waals surface area contributed by atoms with E-state index in [2.05, 4.69) is 0 Å². The van der Waals surface area contributed by atoms with E-state index >= 15 is 0 Å². The number of ether oxygens (including phenoxy) is 2. The van der Waals surface area contributed by atoms with Crippen LogP contribution in [-0.2, 0) is 10.0 Å². The van der Waals surface area contributed by atoms with Crippen LogP contribution in [0.15, 0.2) is 17.0 Å². The Morgan fingerprint density at radius 3 is 2.18 bits per heavy atom. The van der Waals surface area contributed by atoms with Gasteiger partial charge in [0, 0.05) is 19.2 Å². The maximum absolute atomic E-state index is 13.0. The lowest BCUT2D eigenvalue weighted by atomic mass is 9.96. The molecule has 0 radical (unpaired) electrons. The van der Waals surface area contributed by atoms with Gasteiger partial charge in [0.25, 0.3) is 0 Å². The summed E-state index contributed by atoms with van der Waals surface area (Å²) in [4.78, 5) is 0.172. The average Bonchev–Trinajstić information content (AvgIpc) is 2.54. The van der Waals surface area contributed by atoms with Crippen LogP contribution < -0.4 is 9.47 Å². The number of hydrogen-bond donors (Lipinski definition) is 0. The van der Waals surface area contributed by atoms with Gasteiger partial charge >= 0.3 is 0 Å². The molecule has 1 aromatic carbocycles. The van der Waals surface area contributed by atoms with E-state index in [4.69, 9.17) is 9.47 Å². The number of rotatable bonds is 5. The molecule has 1 aromatic rings. The minimum Gasteiger partial charge on any atom is -0.496 e. The Morgan fingerprint density at radius 2 is 1.64 bits per heavy atom. The van der Waals surface area contributed by atoms with Crippen molar-refractivity contribution in [1.29, 1.82) is 0 Å². The van der Waals surface area contributed by atoms with E-state index in [1.165, 1.54) is 24.9 Å². The summed E-state index contributed by atoms with van der Waals surface area (Å²) in [7, 11) is 1.09. The predicted octanol–water partition coefficient (Wildman–Crippen LogP) is 2.97. The van der Waals surface area contributed by atoms with Gasteiger partial charge in [0.05, 0.1) is 14.2 Å². The van der Waals surface area contributed by atoms with Gasteiger partial charge in [-0.05, 0) is 31.4 Å². The minimum absolute atomic E-state index is 0.0655. The number of nitrogens with zero attached hydrogens (tertiary/aromatic N) is 1. The first-order chi connectivity index (χ1) is 10.4. The average molecular weight is 327 g/mol. The molecule has 1 fully saturated rings. The minimum atomic E-state index is -3.60. The highest BCUT2D eigenvalue weighted by Gasteiger charge is 2.32. The third-order valence-electron chi connectivity index (χ3n) is 4.43. The highest BCUT2D eigenvalue weighted by atomic mass is 32.2. The molecule has 2 rings (SSSR count). The molecular weight excluding hydrogens is 302 g/mol. The van der Waals surface area contributed by atoms with Gasteiger partial charge in [-0.2, -0.15) is 4.31 Å². The maximum atomic E-state index is 13.0. The Balaban J connectivity index is 2.43. The van der Waals surface area contributed by atoms with Crippen molar-refractivity contribution in [2.24, 2.45) is 0 Å². The number of aryl methyl sites for hydroxylation is 1. The zero-order chi connectivity index (χ0) is 16.3. The summed E-state index contributed by atoms with van der Waals surface area (Å²) in [6.07, 6.45) is 5.19. The molecule has 0 heterocycles. The van der Waals surface area contributed by atoms with E-state index in [0.29, 0.717) is 11.5 Å². The first-order valence-electron chi connectivity index (χ1n) is 7.62. The summed E-state index contributed by atoms with van der Waals surface area (Å²) in [5.41, 5.74) is 0.846. The van der Waals surface area contributed by atoms with Crippen molar-refractivity contribution in [2.45, 2.75) is 50.0 Å². The van der Waals surface area contributed by atoms with Gasteiger partial charge < -0.3 is 9.47 Å². The molecule has 0 N–H and O–H groups in total. The largest absolute Gasteiger partial charge is 0.496 e. The molecule has 0 saturated heterocycles. The molecule has 124 valence electrons. The van der Waals surface area contributed by atoms with Crippen molar-refractivity contribution < 1.29 is 17.9 Å². The lowest BCUT2D eigenvalue weighted by Gasteiger charge is -2.30. The summed E-state index contributed by atoms with van der Waals surface area (Å²) in [6.45, 7) is 1.86. The lowest BCUT2D eigenvalue weighted by Crippen LogP contribution is -2.38. The van der Waals surface area contributed by atoms with Crippen LogP contribution in [0.3, 0.4) is 0 Å². The highest BCUT2D eigenvalue weighted by Crippen LogP contribution is 2.35. The molecule has 1 aliphatic carbocycles. The molecule has 0 aliphatic heterocycles. The summed E-state index contributed by atoms with van der Waals surface area (Å²) in [5.74, 6) is 0.914. The standard InChI is InChI=1S/C16H25NO4S/c1-12-10-15(21-4)16(11-14(12)20-3)22(18,19)17(2)13-8-6-5-7-9-13/h10-11,13H,5-9H2,1-4H3. The van der Waals surface area contributed by atoms with Crippen LogP contribution in [0.25, 0.3) is 0 Å². The Hall–Kier alpha value is -1.27. The van der Waals surface area contributed by atoms with E-state index in [1.54, 1.807) is 19.2 Å². The molecule has 0 aromatic heterocycles. The second kappa shape index (κ2) is 6.87.